The minimum absolute atomic E-state index is 0.207. The highest BCUT2D eigenvalue weighted by atomic mass is 16.3. The fourth-order valence-corrected chi connectivity index (χ4v) is 1.69. The molecule has 0 aromatic rings. The average molecular weight is 183 g/mol. The Labute approximate surface area is 81.2 Å². The second kappa shape index (κ2) is 4.25. The van der Waals surface area contributed by atoms with Crippen LogP contribution in [0, 0.1) is 5.92 Å². The van der Waals surface area contributed by atoms with E-state index in [0.717, 1.165) is 13.0 Å². The molecule has 0 aromatic carbocycles. The lowest BCUT2D eigenvalue weighted by molar-refractivity contribution is 0.0830. The maximum absolute atomic E-state index is 9.86. The van der Waals surface area contributed by atoms with Gasteiger partial charge in [0.1, 0.15) is 0 Å². The minimum atomic E-state index is -0.207. The van der Waals surface area contributed by atoms with E-state index in [0.29, 0.717) is 5.92 Å². The fraction of sp³-hybridized carbons (Fsp3) is 0.818. The zero-order valence-electron chi connectivity index (χ0n) is 9.12. The number of likely N-dealkylation sites (N-methyl/N-ethyl adjacent to an activating group) is 1. The Morgan fingerprint density at radius 3 is 2.69 bits per heavy atom. The predicted octanol–water partition coefficient (Wildman–Crippen LogP) is 1.65. The molecule has 0 saturated heterocycles. The quantitative estimate of drug-likeness (QED) is 0.625. The van der Waals surface area contributed by atoms with Crippen LogP contribution in [0.25, 0.3) is 0 Å². The summed E-state index contributed by atoms with van der Waals surface area (Å²) in [6.07, 6.45) is 2.89. The van der Waals surface area contributed by atoms with Gasteiger partial charge in [0.05, 0.1) is 6.10 Å². The third kappa shape index (κ3) is 2.55. The van der Waals surface area contributed by atoms with E-state index >= 15 is 0 Å². The molecule has 0 fully saturated rings. The van der Waals surface area contributed by atoms with Crippen molar-refractivity contribution >= 4 is 0 Å². The fourth-order valence-electron chi connectivity index (χ4n) is 1.69. The van der Waals surface area contributed by atoms with Crippen molar-refractivity contribution in [2.45, 2.75) is 39.3 Å². The van der Waals surface area contributed by atoms with Crippen LogP contribution < -0.4 is 0 Å². The SMILES string of the molecule is CC(C)C1=CCN(C)[C@H](C)[C@H](O)C1. The van der Waals surface area contributed by atoms with Gasteiger partial charge in [0, 0.05) is 12.6 Å². The second-order valence-corrected chi connectivity index (χ2v) is 4.39. The molecule has 0 spiro atoms. The van der Waals surface area contributed by atoms with Crippen LogP contribution in [0.3, 0.4) is 0 Å². The summed E-state index contributed by atoms with van der Waals surface area (Å²) < 4.78 is 0. The maximum atomic E-state index is 9.86. The third-order valence-electron chi connectivity index (χ3n) is 3.08. The molecular weight excluding hydrogens is 162 g/mol. The molecule has 1 aliphatic heterocycles. The van der Waals surface area contributed by atoms with Gasteiger partial charge in [0.25, 0.3) is 0 Å². The first-order valence-electron chi connectivity index (χ1n) is 5.09. The molecule has 13 heavy (non-hydrogen) atoms. The maximum Gasteiger partial charge on any atom is 0.0729 e. The molecule has 2 nitrogen and oxygen atoms in total. The number of aliphatic hydroxyl groups excluding tert-OH is 1. The van der Waals surface area contributed by atoms with Gasteiger partial charge in [-0.25, -0.2) is 0 Å². The Bertz CT molecular complexity index is 198. The van der Waals surface area contributed by atoms with E-state index in [1.165, 1.54) is 5.57 Å². The van der Waals surface area contributed by atoms with Crippen molar-refractivity contribution in [1.29, 1.82) is 0 Å². The van der Waals surface area contributed by atoms with E-state index in [1.807, 2.05) is 0 Å². The van der Waals surface area contributed by atoms with E-state index in [1.54, 1.807) is 0 Å². The lowest BCUT2D eigenvalue weighted by Crippen LogP contribution is -2.37. The molecule has 0 aliphatic carbocycles. The van der Waals surface area contributed by atoms with Crippen molar-refractivity contribution in [3.05, 3.63) is 11.6 Å². The zero-order chi connectivity index (χ0) is 10.0. The van der Waals surface area contributed by atoms with Gasteiger partial charge in [0.15, 0.2) is 0 Å². The topological polar surface area (TPSA) is 23.5 Å². The van der Waals surface area contributed by atoms with Crippen molar-refractivity contribution in [3.8, 4) is 0 Å². The van der Waals surface area contributed by atoms with Crippen LogP contribution >= 0.6 is 0 Å². The summed E-state index contributed by atoms with van der Waals surface area (Å²) in [6.45, 7) is 7.43. The molecule has 1 rings (SSSR count). The average Bonchev–Trinajstić information content (AvgIpc) is 2.19. The lowest BCUT2D eigenvalue weighted by Gasteiger charge is -2.25. The number of rotatable bonds is 1. The Hall–Kier alpha value is -0.340. The molecule has 1 N–H and O–H groups in total. The molecule has 0 unspecified atom stereocenters. The van der Waals surface area contributed by atoms with Crippen molar-refractivity contribution < 1.29 is 5.11 Å². The van der Waals surface area contributed by atoms with E-state index < -0.39 is 0 Å². The molecule has 2 heteroatoms. The summed E-state index contributed by atoms with van der Waals surface area (Å²) >= 11 is 0. The minimum Gasteiger partial charge on any atom is -0.391 e. The lowest BCUT2D eigenvalue weighted by atomic mass is 9.96. The Morgan fingerprint density at radius 1 is 1.54 bits per heavy atom. The van der Waals surface area contributed by atoms with Crippen molar-refractivity contribution in [2.75, 3.05) is 13.6 Å². The summed E-state index contributed by atoms with van der Waals surface area (Å²) in [7, 11) is 2.06. The molecular formula is C11H21NO. The van der Waals surface area contributed by atoms with E-state index in [2.05, 4.69) is 38.8 Å². The normalized spacial score (nSPS) is 31.7. The first-order chi connectivity index (χ1) is 6.02. The first kappa shape index (κ1) is 10.7. The van der Waals surface area contributed by atoms with Crippen LogP contribution in [0.5, 0.6) is 0 Å². The first-order valence-corrected chi connectivity index (χ1v) is 5.09. The van der Waals surface area contributed by atoms with Gasteiger partial charge in [0.2, 0.25) is 0 Å². The Balaban J connectivity index is 2.71. The highest BCUT2D eigenvalue weighted by molar-refractivity contribution is 5.10. The van der Waals surface area contributed by atoms with Crippen LogP contribution in [0.15, 0.2) is 11.6 Å². The molecule has 1 heterocycles. The van der Waals surface area contributed by atoms with Crippen LogP contribution in [-0.2, 0) is 0 Å². The molecule has 0 amide bonds. The second-order valence-electron chi connectivity index (χ2n) is 4.39. The molecule has 0 aromatic heterocycles. The van der Waals surface area contributed by atoms with Gasteiger partial charge >= 0.3 is 0 Å². The summed E-state index contributed by atoms with van der Waals surface area (Å²) in [5, 5.41) is 9.86. The van der Waals surface area contributed by atoms with Gasteiger partial charge in [-0.1, -0.05) is 25.5 Å². The summed E-state index contributed by atoms with van der Waals surface area (Å²) in [5.41, 5.74) is 1.39. The van der Waals surface area contributed by atoms with Crippen LogP contribution in [-0.4, -0.2) is 35.7 Å². The molecule has 76 valence electrons. The van der Waals surface area contributed by atoms with Gasteiger partial charge in [-0.3, -0.25) is 4.90 Å². The summed E-state index contributed by atoms with van der Waals surface area (Å²) in [5.74, 6) is 0.563. The van der Waals surface area contributed by atoms with Gasteiger partial charge in [-0.15, -0.1) is 0 Å². The summed E-state index contributed by atoms with van der Waals surface area (Å²) in [6, 6.07) is 0.271. The number of aliphatic hydroxyl groups is 1. The van der Waals surface area contributed by atoms with E-state index in [4.69, 9.17) is 0 Å². The zero-order valence-corrected chi connectivity index (χ0v) is 9.12. The number of hydrogen-bond donors (Lipinski definition) is 1. The van der Waals surface area contributed by atoms with Crippen LogP contribution in [0.1, 0.15) is 27.2 Å². The number of hydrogen-bond acceptors (Lipinski definition) is 2. The smallest absolute Gasteiger partial charge is 0.0729 e. The Kier molecular flexibility index (Phi) is 3.51. The summed E-state index contributed by atoms with van der Waals surface area (Å²) in [4.78, 5) is 2.19. The molecule has 0 radical (unpaired) electrons. The largest absolute Gasteiger partial charge is 0.391 e. The molecule has 1 aliphatic rings. The van der Waals surface area contributed by atoms with Crippen LogP contribution in [0.4, 0.5) is 0 Å². The highest BCUT2D eigenvalue weighted by Crippen LogP contribution is 2.22. The number of nitrogens with zero attached hydrogens (tertiary/aromatic N) is 1. The van der Waals surface area contributed by atoms with E-state index in [9.17, 15) is 5.11 Å². The molecule has 0 saturated carbocycles. The van der Waals surface area contributed by atoms with Crippen LogP contribution in [0.2, 0.25) is 0 Å². The molecule has 0 bridgehead atoms. The third-order valence-corrected chi connectivity index (χ3v) is 3.08. The monoisotopic (exact) mass is 183 g/mol. The van der Waals surface area contributed by atoms with Gasteiger partial charge in [-0.05, 0) is 26.3 Å². The Morgan fingerprint density at radius 2 is 2.15 bits per heavy atom. The van der Waals surface area contributed by atoms with E-state index in [-0.39, 0.29) is 12.1 Å². The molecule has 2 atom stereocenters. The van der Waals surface area contributed by atoms with Gasteiger partial charge in [-0.2, -0.15) is 0 Å². The van der Waals surface area contributed by atoms with Crippen molar-refractivity contribution in [2.24, 2.45) is 5.92 Å². The predicted molar refractivity (Wildman–Crippen MR) is 55.6 cm³/mol. The highest BCUT2D eigenvalue weighted by Gasteiger charge is 2.23. The standard InChI is InChI=1S/C11H21NO/c1-8(2)10-5-6-12(4)9(3)11(13)7-10/h5,8-9,11,13H,6-7H2,1-4H3/t9-,11-/m1/s1. The van der Waals surface area contributed by atoms with Crippen molar-refractivity contribution in [1.82, 2.24) is 4.90 Å². The van der Waals surface area contributed by atoms with Crippen molar-refractivity contribution in [3.63, 3.8) is 0 Å². The van der Waals surface area contributed by atoms with Gasteiger partial charge < -0.3 is 5.11 Å².